The molecule has 0 radical (unpaired) electrons. The van der Waals surface area contributed by atoms with Crippen LogP contribution in [0.2, 0.25) is 0 Å². The maximum absolute atomic E-state index is 13.7. The Balaban J connectivity index is 1.29. The number of ether oxygens (including phenoxy) is 5. The summed E-state index contributed by atoms with van der Waals surface area (Å²) < 4.78 is 44.1. The average Bonchev–Trinajstić information content (AvgIpc) is 3.12. The molecule has 254 valence electrons. The zero-order valence-electron chi connectivity index (χ0n) is 28.5. The summed E-state index contributed by atoms with van der Waals surface area (Å²) in [5.74, 6) is 2.87. The van der Waals surface area contributed by atoms with Crippen molar-refractivity contribution in [3.05, 3.63) is 137 Å². The maximum atomic E-state index is 13.7. The summed E-state index contributed by atoms with van der Waals surface area (Å²) in [5.41, 5.74) is 5.05. The number of esters is 1. The fraction of sp³-hybridized carbons (Fsp3) is 0.262. The van der Waals surface area contributed by atoms with Crippen molar-refractivity contribution in [1.29, 1.82) is 0 Å². The summed E-state index contributed by atoms with van der Waals surface area (Å²) in [4.78, 5) is 12.3. The first-order chi connectivity index (χ1) is 23.9. The molecule has 0 aliphatic heterocycles. The quantitative estimate of drug-likeness (QED) is 0.0774. The molecular weight excluding hydrogens is 619 g/mol. The number of para-hydroxylation sites is 1. The van der Waals surface area contributed by atoms with Crippen molar-refractivity contribution in [3.63, 3.8) is 0 Å². The van der Waals surface area contributed by atoms with Crippen LogP contribution < -0.4 is 18.9 Å². The van der Waals surface area contributed by atoms with Crippen LogP contribution in [0.25, 0.3) is 11.1 Å². The van der Waals surface area contributed by atoms with Gasteiger partial charge in [0.05, 0.1) is 20.3 Å². The molecule has 7 heteroatoms. The van der Waals surface area contributed by atoms with E-state index in [-0.39, 0.29) is 5.82 Å². The number of carbonyl (C=O) groups is 1. The predicted molar refractivity (Wildman–Crippen MR) is 190 cm³/mol. The number of hydrogen-bond donors (Lipinski definition) is 0. The van der Waals surface area contributed by atoms with Gasteiger partial charge in [-0.1, -0.05) is 81.4 Å². The molecule has 49 heavy (non-hydrogen) atoms. The van der Waals surface area contributed by atoms with Gasteiger partial charge in [0.15, 0.2) is 0 Å². The number of rotatable bonds is 16. The monoisotopic (exact) mass is 662 g/mol. The van der Waals surface area contributed by atoms with Crippen molar-refractivity contribution in [2.45, 2.75) is 46.6 Å². The van der Waals surface area contributed by atoms with Gasteiger partial charge in [0.25, 0.3) is 0 Å². The van der Waals surface area contributed by atoms with E-state index in [1.165, 1.54) is 19.2 Å². The second-order valence-corrected chi connectivity index (χ2v) is 12.0. The van der Waals surface area contributed by atoms with Crippen LogP contribution in [0, 0.1) is 11.7 Å². The summed E-state index contributed by atoms with van der Waals surface area (Å²) in [7, 11) is 1.35. The lowest BCUT2D eigenvalue weighted by Crippen LogP contribution is -2.09. The third-order valence-corrected chi connectivity index (χ3v) is 7.97. The molecule has 0 unspecified atom stereocenters. The molecule has 0 saturated carbocycles. The molecule has 5 aromatic carbocycles. The van der Waals surface area contributed by atoms with Gasteiger partial charge in [-0.05, 0) is 78.4 Å². The van der Waals surface area contributed by atoms with Crippen LogP contribution >= 0.6 is 0 Å². The van der Waals surface area contributed by atoms with Crippen LogP contribution in [0.15, 0.2) is 109 Å². The predicted octanol–water partition coefficient (Wildman–Crippen LogP) is 10.3. The SMILES string of the molecule is CCc1c(OCCCOc2cccc(Oc3ccccc3C(=O)OC)c2CC(C)C)ccc(-c2ccc(F)cc2)c1OCc1ccccc1. The third-order valence-electron chi connectivity index (χ3n) is 7.97. The van der Waals surface area contributed by atoms with Gasteiger partial charge in [-0.15, -0.1) is 0 Å². The highest BCUT2D eigenvalue weighted by molar-refractivity contribution is 5.92. The van der Waals surface area contributed by atoms with Crippen molar-refractivity contribution in [2.75, 3.05) is 20.3 Å². The molecular formula is C42H43FO6. The largest absolute Gasteiger partial charge is 0.493 e. The minimum absolute atomic E-state index is 0.284. The minimum atomic E-state index is -0.459. The second kappa shape index (κ2) is 17.2. The number of hydrogen-bond acceptors (Lipinski definition) is 6. The Morgan fingerprint density at radius 2 is 1.35 bits per heavy atom. The Kier molecular flexibility index (Phi) is 12.3. The molecule has 5 rings (SSSR count). The van der Waals surface area contributed by atoms with E-state index >= 15 is 0 Å². The molecule has 0 heterocycles. The summed E-state index contributed by atoms with van der Waals surface area (Å²) in [6, 6.07) is 33.1. The second-order valence-electron chi connectivity index (χ2n) is 12.0. The van der Waals surface area contributed by atoms with Crippen LogP contribution in [-0.2, 0) is 24.2 Å². The van der Waals surface area contributed by atoms with E-state index in [9.17, 15) is 9.18 Å². The van der Waals surface area contributed by atoms with E-state index in [4.69, 9.17) is 23.7 Å². The van der Waals surface area contributed by atoms with Crippen LogP contribution in [0.5, 0.6) is 28.7 Å². The molecule has 0 amide bonds. The molecule has 0 aliphatic rings. The maximum Gasteiger partial charge on any atom is 0.341 e. The van der Waals surface area contributed by atoms with E-state index in [0.29, 0.717) is 55.6 Å². The topological polar surface area (TPSA) is 63.2 Å². The van der Waals surface area contributed by atoms with E-state index in [0.717, 1.165) is 51.5 Å². The fourth-order valence-electron chi connectivity index (χ4n) is 5.59. The van der Waals surface area contributed by atoms with E-state index in [1.807, 2.05) is 66.7 Å². The summed E-state index contributed by atoms with van der Waals surface area (Å²) >= 11 is 0. The van der Waals surface area contributed by atoms with Crippen LogP contribution in [-0.4, -0.2) is 26.3 Å². The van der Waals surface area contributed by atoms with Crippen molar-refractivity contribution >= 4 is 5.97 Å². The Labute approximate surface area is 288 Å². The van der Waals surface area contributed by atoms with Crippen LogP contribution in [0.3, 0.4) is 0 Å². The highest BCUT2D eigenvalue weighted by atomic mass is 19.1. The van der Waals surface area contributed by atoms with Gasteiger partial charge in [0.1, 0.15) is 46.7 Å². The molecule has 0 saturated heterocycles. The normalized spacial score (nSPS) is 10.9. The fourth-order valence-corrected chi connectivity index (χ4v) is 5.59. The van der Waals surface area contributed by atoms with Crippen molar-refractivity contribution < 1.29 is 32.9 Å². The van der Waals surface area contributed by atoms with E-state index in [1.54, 1.807) is 30.3 Å². The first kappa shape index (κ1) is 35.0. The Morgan fingerprint density at radius 1 is 0.694 bits per heavy atom. The molecule has 0 atom stereocenters. The van der Waals surface area contributed by atoms with Crippen molar-refractivity contribution in [1.82, 2.24) is 0 Å². The number of benzene rings is 5. The first-order valence-electron chi connectivity index (χ1n) is 16.7. The molecule has 0 bridgehead atoms. The zero-order valence-corrected chi connectivity index (χ0v) is 28.5. The first-order valence-corrected chi connectivity index (χ1v) is 16.7. The molecule has 5 aromatic rings. The van der Waals surface area contributed by atoms with Gasteiger partial charge in [-0.25, -0.2) is 9.18 Å². The molecule has 0 fully saturated rings. The number of methoxy groups -OCH3 is 1. The van der Waals surface area contributed by atoms with E-state index < -0.39 is 5.97 Å². The third kappa shape index (κ3) is 9.20. The molecule has 0 aliphatic carbocycles. The van der Waals surface area contributed by atoms with Gasteiger partial charge in [-0.2, -0.15) is 0 Å². The summed E-state index contributed by atoms with van der Waals surface area (Å²) in [5, 5.41) is 0. The molecule has 0 spiro atoms. The van der Waals surface area contributed by atoms with Gasteiger partial charge in [0, 0.05) is 23.1 Å². The highest BCUT2D eigenvalue weighted by Gasteiger charge is 2.19. The van der Waals surface area contributed by atoms with Gasteiger partial charge in [-0.3, -0.25) is 0 Å². The number of carbonyl (C=O) groups excluding carboxylic acids is 1. The van der Waals surface area contributed by atoms with Crippen LogP contribution in [0.4, 0.5) is 4.39 Å². The Hall–Kier alpha value is -5.30. The van der Waals surface area contributed by atoms with E-state index in [2.05, 4.69) is 20.8 Å². The van der Waals surface area contributed by atoms with Crippen molar-refractivity contribution in [3.8, 4) is 39.9 Å². The molecule has 6 nitrogen and oxygen atoms in total. The zero-order chi connectivity index (χ0) is 34.6. The summed E-state index contributed by atoms with van der Waals surface area (Å²) in [6.45, 7) is 7.62. The van der Waals surface area contributed by atoms with Gasteiger partial charge >= 0.3 is 5.97 Å². The van der Waals surface area contributed by atoms with Gasteiger partial charge in [0.2, 0.25) is 0 Å². The lowest BCUT2D eigenvalue weighted by Gasteiger charge is -2.20. The lowest BCUT2D eigenvalue weighted by atomic mass is 9.99. The standard InChI is InChI=1S/C42H43FO6/c1-5-33-38(24-23-34(31-19-21-32(43)22-20-31)41(33)48-28-30-13-7-6-8-14-30)47-26-12-25-46-37-17-11-18-40(36(37)27-29(2)3)49-39-16-10-9-15-35(39)42(44)45-4/h6-11,13-24,29H,5,12,25-28H2,1-4H3. The smallest absolute Gasteiger partial charge is 0.341 e. The number of halogens is 1. The Morgan fingerprint density at radius 3 is 2.04 bits per heavy atom. The van der Waals surface area contributed by atoms with Crippen LogP contribution in [0.1, 0.15) is 54.2 Å². The van der Waals surface area contributed by atoms with Crippen molar-refractivity contribution in [2.24, 2.45) is 5.92 Å². The summed E-state index contributed by atoms with van der Waals surface area (Å²) in [6.07, 6.45) is 2.06. The lowest BCUT2D eigenvalue weighted by molar-refractivity contribution is 0.0598. The molecule has 0 N–H and O–H groups in total. The highest BCUT2D eigenvalue weighted by Crippen LogP contribution is 2.40. The Bertz CT molecular complexity index is 1820. The minimum Gasteiger partial charge on any atom is -0.493 e. The van der Waals surface area contributed by atoms with Gasteiger partial charge < -0.3 is 23.7 Å². The average molecular weight is 663 g/mol. The molecule has 0 aromatic heterocycles.